The average molecular weight is 202 g/mol. The topological polar surface area (TPSA) is 37.4 Å². The highest BCUT2D eigenvalue weighted by Gasteiger charge is 2.48. The van der Waals surface area contributed by atoms with Crippen molar-refractivity contribution in [3.05, 3.63) is 0 Å². The molecule has 2 fully saturated rings. The van der Waals surface area contributed by atoms with Crippen LogP contribution in [0.25, 0.3) is 0 Å². The van der Waals surface area contributed by atoms with Crippen LogP contribution in [0.4, 0.5) is 0 Å². The molecule has 0 aromatic rings. The molecule has 0 radical (unpaired) electrons. The molecule has 2 aliphatic rings. The van der Waals surface area contributed by atoms with Gasteiger partial charge < -0.3 is 4.90 Å². The Bertz CT molecular complexity index is 262. The first-order chi connectivity index (χ1) is 6.11. The third-order valence-electron chi connectivity index (χ3n) is 2.82. The van der Waals surface area contributed by atoms with Crippen LogP contribution in [0.5, 0.6) is 0 Å². The Labute approximate surface area is 82.0 Å². The van der Waals surface area contributed by atoms with E-state index in [1.165, 1.54) is 0 Å². The van der Waals surface area contributed by atoms with Crippen molar-refractivity contribution < 1.29 is 9.59 Å². The minimum absolute atomic E-state index is 0.0816. The summed E-state index contributed by atoms with van der Waals surface area (Å²) in [6.07, 6.45) is 2.77. The molecular formula is C9H12ClNO2. The molecule has 2 saturated carbocycles. The monoisotopic (exact) mass is 201 g/mol. The molecule has 0 heterocycles. The summed E-state index contributed by atoms with van der Waals surface area (Å²) in [5.41, 5.74) is 0. The van der Waals surface area contributed by atoms with Gasteiger partial charge in [-0.15, -0.1) is 0 Å². The van der Waals surface area contributed by atoms with Crippen molar-refractivity contribution in [2.75, 3.05) is 7.05 Å². The average Bonchev–Trinajstić information content (AvgIpc) is 2.91. The van der Waals surface area contributed by atoms with Gasteiger partial charge in [-0.3, -0.25) is 9.59 Å². The molecule has 0 aromatic heterocycles. The standard InChI is InChI=1S/C9H12ClNO2/c1-11(9(13)5-2-3-5)7-4-6(7)8(10)12/h5-7H,2-4H2,1H3. The first-order valence-corrected chi connectivity index (χ1v) is 4.95. The number of halogens is 1. The zero-order valence-corrected chi connectivity index (χ0v) is 8.25. The molecule has 0 N–H and O–H groups in total. The first-order valence-electron chi connectivity index (χ1n) is 4.57. The quantitative estimate of drug-likeness (QED) is 0.640. The zero-order valence-electron chi connectivity index (χ0n) is 7.50. The maximum atomic E-state index is 11.5. The summed E-state index contributed by atoms with van der Waals surface area (Å²) >= 11 is 5.34. The van der Waals surface area contributed by atoms with Gasteiger partial charge in [0.2, 0.25) is 11.1 Å². The van der Waals surface area contributed by atoms with Gasteiger partial charge in [-0.1, -0.05) is 0 Å². The Morgan fingerprint density at radius 2 is 2.00 bits per heavy atom. The summed E-state index contributed by atoms with van der Waals surface area (Å²) in [5, 5.41) is -0.305. The summed E-state index contributed by atoms with van der Waals surface area (Å²) in [4.78, 5) is 24.0. The van der Waals surface area contributed by atoms with Crippen LogP contribution in [-0.2, 0) is 9.59 Å². The number of amides is 1. The van der Waals surface area contributed by atoms with E-state index < -0.39 is 0 Å². The van der Waals surface area contributed by atoms with Crippen molar-refractivity contribution in [3.8, 4) is 0 Å². The van der Waals surface area contributed by atoms with E-state index in [0.717, 1.165) is 19.3 Å². The van der Waals surface area contributed by atoms with Gasteiger partial charge in [0.1, 0.15) is 0 Å². The van der Waals surface area contributed by atoms with E-state index in [4.69, 9.17) is 11.6 Å². The number of nitrogens with zero attached hydrogens (tertiary/aromatic N) is 1. The van der Waals surface area contributed by atoms with Crippen molar-refractivity contribution in [3.63, 3.8) is 0 Å². The van der Waals surface area contributed by atoms with E-state index >= 15 is 0 Å². The maximum absolute atomic E-state index is 11.5. The molecule has 2 unspecified atom stereocenters. The van der Waals surface area contributed by atoms with Crippen molar-refractivity contribution in [2.24, 2.45) is 11.8 Å². The molecule has 72 valence electrons. The summed E-state index contributed by atoms with van der Waals surface area (Å²) in [6.45, 7) is 0. The van der Waals surface area contributed by atoms with Gasteiger partial charge in [0, 0.05) is 19.0 Å². The largest absolute Gasteiger partial charge is 0.342 e. The van der Waals surface area contributed by atoms with Gasteiger partial charge in [-0.25, -0.2) is 0 Å². The molecule has 0 saturated heterocycles. The Hall–Kier alpha value is -0.570. The Morgan fingerprint density at radius 3 is 2.38 bits per heavy atom. The number of hydrogen-bond donors (Lipinski definition) is 0. The smallest absolute Gasteiger partial charge is 0.226 e. The first kappa shape index (κ1) is 9.00. The zero-order chi connectivity index (χ0) is 9.59. The van der Waals surface area contributed by atoms with Gasteiger partial charge in [-0.2, -0.15) is 0 Å². The van der Waals surface area contributed by atoms with E-state index in [2.05, 4.69) is 0 Å². The molecule has 2 atom stereocenters. The fourth-order valence-electron chi connectivity index (χ4n) is 1.64. The third-order valence-corrected chi connectivity index (χ3v) is 3.10. The minimum Gasteiger partial charge on any atom is -0.342 e. The molecule has 0 spiro atoms. The van der Waals surface area contributed by atoms with Crippen LogP contribution in [0.1, 0.15) is 19.3 Å². The van der Waals surface area contributed by atoms with Crippen LogP contribution in [-0.4, -0.2) is 29.1 Å². The van der Waals surface area contributed by atoms with Crippen LogP contribution in [0.2, 0.25) is 0 Å². The second kappa shape index (κ2) is 2.98. The van der Waals surface area contributed by atoms with Gasteiger partial charge in [0.15, 0.2) is 0 Å². The summed E-state index contributed by atoms with van der Waals surface area (Å²) in [7, 11) is 1.77. The lowest BCUT2D eigenvalue weighted by Gasteiger charge is -2.16. The van der Waals surface area contributed by atoms with Gasteiger partial charge in [0.05, 0.1) is 5.92 Å². The van der Waals surface area contributed by atoms with E-state index in [-0.39, 0.29) is 29.0 Å². The van der Waals surface area contributed by atoms with Crippen molar-refractivity contribution in [1.82, 2.24) is 4.90 Å². The highest BCUT2D eigenvalue weighted by Crippen LogP contribution is 2.40. The Balaban J connectivity index is 1.88. The van der Waals surface area contributed by atoms with Gasteiger partial charge in [0.25, 0.3) is 0 Å². The molecule has 0 bridgehead atoms. The highest BCUT2D eigenvalue weighted by molar-refractivity contribution is 6.64. The predicted octanol–water partition coefficient (Wildman–Crippen LogP) is 1.01. The van der Waals surface area contributed by atoms with Gasteiger partial charge >= 0.3 is 0 Å². The normalized spacial score (nSPS) is 31.2. The highest BCUT2D eigenvalue weighted by atomic mass is 35.5. The molecule has 4 heteroatoms. The predicted molar refractivity (Wildman–Crippen MR) is 48.2 cm³/mol. The Morgan fingerprint density at radius 1 is 1.38 bits per heavy atom. The second-order valence-corrected chi connectivity index (χ2v) is 4.31. The number of carbonyl (C=O) groups excluding carboxylic acids is 2. The van der Waals surface area contributed by atoms with Crippen LogP contribution in [0, 0.1) is 11.8 Å². The molecule has 0 aliphatic heterocycles. The molecular weight excluding hydrogens is 190 g/mol. The Kier molecular flexibility index (Phi) is 2.06. The second-order valence-electron chi connectivity index (χ2n) is 3.94. The minimum atomic E-state index is -0.305. The van der Waals surface area contributed by atoms with E-state index in [1.807, 2.05) is 0 Å². The summed E-state index contributed by atoms with van der Waals surface area (Å²) in [5.74, 6) is 0.316. The van der Waals surface area contributed by atoms with Crippen molar-refractivity contribution in [1.29, 1.82) is 0 Å². The molecule has 3 nitrogen and oxygen atoms in total. The lowest BCUT2D eigenvalue weighted by Crippen LogP contribution is -2.31. The van der Waals surface area contributed by atoms with Crippen LogP contribution in [0.15, 0.2) is 0 Å². The van der Waals surface area contributed by atoms with E-state index in [1.54, 1.807) is 11.9 Å². The summed E-state index contributed by atoms with van der Waals surface area (Å²) < 4.78 is 0. The van der Waals surface area contributed by atoms with Crippen LogP contribution < -0.4 is 0 Å². The van der Waals surface area contributed by atoms with Crippen LogP contribution in [0.3, 0.4) is 0 Å². The molecule has 2 rings (SSSR count). The van der Waals surface area contributed by atoms with Crippen molar-refractivity contribution in [2.45, 2.75) is 25.3 Å². The van der Waals surface area contributed by atoms with Crippen LogP contribution >= 0.6 is 11.6 Å². The lowest BCUT2D eigenvalue weighted by atomic mass is 10.3. The lowest BCUT2D eigenvalue weighted by molar-refractivity contribution is -0.132. The van der Waals surface area contributed by atoms with E-state index in [0.29, 0.717) is 0 Å². The number of hydrogen-bond acceptors (Lipinski definition) is 2. The SMILES string of the molecule is CN(C(=O)C1CC1)C1CC1C(=O)Cl. The van der Waals surface area contributed by atoms with Crippen molar-refractivity contribution >= 4 is 22.8 Å². The number of carbonyl (C=O) groups is 2. The molecule has 2 aliphatic carbocycles. The maximum Gasteiger partial charge on any atom is 0.226 e. The fraction of sp³-hybridized carbons (Fsp3) is 0.778. The summed E-state index contributed by atoms with van der Waals surface area (Å²) in [6, 6.07) is 0.0816. The molecule has 13 heavy (non-hydrogen) atoms. The van der Waals surface area contributed by atoms with E-state index in [9.17, 15) is 9.59 Å². The third kappa shape index (κ3) is 1.70. The fourth-order valence-corrected chi connectivity index (χ4v) is 1.87. The molecule has 1 amide bonds. The molecule has 0 aromatic carbocycles. The van der Waals surface area contributed by atoms with Gasteiger partial charge in [-0.05, 0) is 30.9 Å². The number of rotatable bonds is 3.